The maximum absolute atomic E-state index is 6.20. The number of halogens is 1. The van der Waals surface area contributed by atoms with E-state index >= 15 is 0 Å². The summed E-state index contributed by atoms with van der Waals surface area (Å²) in [5.74, 6) is 0.987. The summed E-state index contributed by atoms with van der Waals surface area (Å²) in [6.45, 7) is 6.04. The quantitative estimate of drug-likeness (QED) is 0.710. The van der Waals surface area contributed by atoms with Gasteiger partial charge in [-0.2, -0.15) is 0 Å². The van der Waals surface area contributed by atoms with Crippen LogP contribution < -0.4 is 10.2 Å². The minimum atomic E-state index is 0.735. The summed E-state index contributed by atoms with van der Waals surface area (Å²) >= 11 is 6.20. The Morgan fingerprint density at radius 2 is 2.00 bits per heavy atom. The second-order valence-electron chi connectivity index (χ2n) is 5.39. The molecular weight excluding hydrogens is 272 g/mol. The monoisotopic (exact) mass is 298 g/mol. The van der Waals surface area contributed by atoms with Crippen LogP contribution >= 0.6 is 11.6 Å². The van der Waals surface area contributed by atoms with Crippen LogP contribution in [0.3, 0.4) is 0 Å². The molecule has 0 atom stereocenters. The lowest BCUT2D eigenvalue weighted by atomic mass is 10.2. The SMILES string of the molecule is CCCNCc1cc(N(C)CCCN(C)C)ncc1Cl. The fraction of sp³-hybridized carbons (Fsp3) is 0.667. The van der Waals surface area contributed by atoms with E-state index in [4.69, 9.17) is 11.6 Å². The molecule has 0 aliphatic carbocycles. The fourth-order valence-electron chi connectivity index (χ4n) is 1.95. The molecule has 0 spiro atoms. The van der Waals surface area contributed by atoms with Crippen molar-refractivity contribution in [1.29, 1.82) is 0 Å². The molecule has 4 nitrogen and oxygen atoms in total. The smallest absolute Gasteiger partial charge is 0.128 e. The van der Waals surface area contributed by atoms with Gasteiger partial charge in [-0.15, -0.1) is 0 Å². The van der Waals surface area contributed by atoms with Crippen LogP contribution in [-0.4, -0.2) is 50.7 Å². The van der Waals surface area contributed by atoms with Gasteiger partial charge in [0.15, 0.2) is 0 Å². The molecule has 0 aromatic carbocycles. The Morgan fingerprint density at radius 3 is 2.65 bits per heavy atom. The Balaban J connectivity index is 2.58. The number of hydrogen-bond donors (Lipinski definition) is 1. The molecule has 5 heteroatoms. The minimum absolute atomic E-state index is 0.735. The summed E-state index contributed by atoms with van der Waals surface area (Å²) in [5, 5.41) is 4.11. The van der Waals surface area contributed by atoms with Crippen molar-refractivity contribution in [3.8, 4) is 0 Å². The molecule has 1 heterocycles. The first-order valence-electron chi connectivity index (χ1n) is 7.25. The summed E-state index contributed by atoms with van der Waals surface area (Å²) in [6, 6.07) is 2.08. The highest BCUT2D eigenvalue weighted by Crippen LogP contribution is 2.20. The van der Waals surface area contributed by atoms with E-state index < -0.39 is 0 Å². The van der Waals surface area contributed by atoms with Crippen molar-refractivity contribution >= 4 is 17.4 Å². The van der Waals surface area contributed by atoms with Crippen LogP contribution in [0.2, 0.25) is 5.02 Å². The van der Waals surface area contributed by atoms with E-state index in [1.54, 1.807) is 6.20 Å². The van der Waals surface area contributed by atoms with Gasteiger partial charge in [0.1, 0.15) is 5.82 Å². The molecule has 0 saturated carbocycles. The Labute approximate surface area is 128 Å². The third-order valence-electron chi connectivity index (χ3n) is 3.15. The van der Waals surface area contributed by atoms with Crippen LogP contribution in [-0.2, 0) is 6.54 Å². The predicted molar refractivity (Wildman–Crippen MR) is 87.7 cm³/mol. The Hall–Kier alpha value is -0.840. The van der Waals surface area contributed by atoms with E-state index in [9.17, 15) is 0 Å². The van der Waals surface area contributed by atoms with Gasteiger partial charge in [-0.3, -0.25) is 0 Å². The zero-order valence-corrected chi connectivity index (χ0v) is 13.9. The van der Waals surface area contributed by atoms with Crippen molar-refractivity contribution in [1.82, 2.24) is 15.2 Å². The highest BCUT2D eigenvalue weighted by atomic mass is 35.5. The maximum Gasteiger partial charge on any atom is 0.128 e. The van der Waals surface area contributed by atoms with Crippen LogP contribution in [0.25, 0.3) is 0 Å². The zero-order chi connectivity index (χ0) is 15.0. The van der Waals surface area contributed by atoms with Crippen LogP contribution in [0.5, 0.6) is 0 Å². The molecule has 1 aromatic heterocycles. The largest absolute Gasteiger partial charge is 0.360 e. The van der Waals surface area contributed by atoms with E-state index in [0.717, 1.165) is 55.4 Å². The van der Waals surface area contributed by atoms with Gasteiger partial charge in [0.05, 0.1) is 5.02 Å². The topological polar surface area (TPSA) is 31.4 Å². The number of anilines is 1. The molecule has 1 rings (SSSR count). The molecule has 0 amide bonds. The molecule has 0 bridgehead atoms. The van der Waals surface area contributed by atoms with Crippen LogP contribution in [0.4, 0.5) is 5.82 Å². The van der Waals surface area contributed by atoms with Crippen molar-refractivity contribution in [2.24, 2.45) is 0 Å². The average Bonchev–Trinajstić information content (AvgIpc) is 2.40. The second kappa shape index (κ2) is 9.16. The van der Waals surface area contributed by atoms with Crippen molar-refractivity contribution in [3.05, 3.63) is 22.8 Å². The van der Waals surface area contributed by atoms with Gasteiger partial charge in [0.25, 0.3) is 0 Å². The van der Waals surface area contributed by atoms with E-state index in [1.165, 1.54) is 0 Å². The lowest BCUT2D eigenvalue weighted by molar-refractivity contribution is 0.401. The van der Waals surface area contributed by atoms with Crippen LogP contribution in [0.1, 0.15) is 25.3 Å². The Morgan fingerprint density at radius 1 is 1.25 bits per heavy atom. The first-order valence-corrected chi connectivity index (χ1v) is 7.63. The Kier molecular flexibility index (Phi) is 7.88. The number of nitrogens with one attached hydrogen (secondary N) is 1. The van der Waals surface area contributed by atoms with Crippen molar-refractivity contribution in [2.45, 2.75) is 26.3 Å². The molecule has 1 aromatic rings. The van der Waals surface area contributed by atoms with Crippen LogP contribution in [0.15, 0.2) is 12.3 Å². The third kappa shape index (κ3) is 6.07. The number of pyridine rings is 1. The molecule has 0 saturated heterocycles. The molecule has 0 radical (unpaired) electrons. The van der Waals surface area contributed by atoms with E-state index in [2.05, 4.69) is 54.2 Å². The normalized spacial score (nSPS) is 11.1. The first kappa shape index (κ1) is 17.2. The van der Waals surface area contributed by atoms with Gasteiger partial charge < -0.3 is 15.1 Å². The number of aromatic nitrogens is 1. The highest BCUT2D eigenvalue weighted by molar-refractivity contribution is 6.31. The summed E-state index contributed by atoms with van der Waals surface area (Å²) in [7, 11) is 6.27. The molecule has 20 heavy (non-hydrogen) atoms. The van der Waals surface area contributed by atoms with E-state index in [0.29, 0.717) is 0 Å². The van der Waals surface area contributed by atoms with E-state index in [-0.39, 0.29) is 0 Å². The first-order chi connectivity index (χ1) is 9.54. The molecule has 1 N–H and O–H groups in total. The van der Waals surface area contributed by atoms with Gasteiger partial charge in [0.2, 0.25) is 0 Å². The molecule has 0 aliphatic rings. The number of rotatable bonds is 9. The number of nitrogens with zero attached hydrogens (tertiary/aromatic N) is 3. The molecule has 114 valence electrons. The average molecular weight is 299 g/mol. The lowest BCUT2D eigenvalue weighted by Crippen LogP contribution is -2.24. The predicted octanol–water partition coefficient (Wildman–Crippen LogP) is 2.62. The summed E-state index contributed by atoms with van der Waals surface area (Å²) in [4.78, 5) is 8.80. The summed E-state index contributed by atoms with van der Waals surface area (Å²) in [6.07, 6.45) is 4.00. The molecule has 0 fully saturated rings. The van der Waals surface area contributed by atoms with Crippen LogP contribution in [0, 0.1) is 0 Å². The van der Waals surface area contributed by atoms with Gasteiger partial charge in [-0.25, -0.2) is 4.98 Å². The molecular formula is C15H27ClN4. The van der Waals surface area contributed by atoms with Gasteiger partial charge in [-0.1, -0.05) is 18.5 Å². The standard InChI is InChI=1S/C15H27ClN4/c1-5-7-17-11-13-10-15(18-12-14(13)16)20(4)9-6-8-19(2)3/h10,12,17H,5-9,11H2,1-4H3. The second-order valence-corrected chi connectivity index (χ2v) is 5.80. The van der Waals surface area contributed by atoms with Crippen molar-refractivity contribution in [2.75, 3.05) is 45.7 Å². The minimum Gasteiger partial charge on any atom is -0.360 e. The molecule has 0 aliphatic heterocycles. The van der Waals surface area contributed by atoms with Gasteiger partial charge >= 0.3 is 0 Å². The summed E-state index contributed by atoms with van der Waals surface area (Å²) < 4.78 is 0. The van der Waals surface area contributed by atoms with Gasteiger partial charge in [0, 0.05) is 26.3 Å². The Bertz CT molecular complexity index is 395. The zero-order valence-electron chi connectivity index (χ0n) is 13.1. The third-order valence-corrected chi connectivity index (χ3v) is 3.49. The number of hydrogen-bond acceptors (Lipinski definition) is 4. The van der Waals surface area contributed by atoms with Gasteiger partial charge in [-0.05, 0) is 51.7 Å². The van der Waals surface area contributed by atoms with E-state index in [1.807, 2.05) is 0 Å². The fourth-order valence-corrected chi connectivity index (χ4v) is 2.12. The highest BCUT2D eigenvalue weighted by Gasteiger charge is 2.07. The maximum atomic E-state index is 6.20. The molecule has 0 unspecified atom stereocenters. The van der Waals surface area contributed by atoms with Crippen molar-refractivity contribution in [3.63, 3.8) is 0 Å². The van der Waals surface area contributed by atoms with Crippen molar-refractivity contribution < 1.29 is 0 Å². The lowest BCUT2D eigenvalue weighted by Gasteiger charge is -2.20. The summed E-state index contributed by atoms with van der Waals surface area (Å²) in [5.41, 5.74) is 1.12.